The van der Waals surface area contributed by atoms with E-state index in [9.17, 15) is 0 Å². The molecule has 0 aromatic rings. The molecule has 80 valence electrons. The van der Waals surface area contributed by atoms with Crippen LogP contribution in [-0.4, -0.2) is 24.1 Å². The Hall–Kier alpha value is -0.920. The van der Waals surface area contributed by atoms with Gasteiger partial charge in [0.15, 0.2) is 5.88 Å². The van der Waals surface area contributed by atoms with E-state index in [0.717, 1.165) is 19.0 Å². The van der Waals surface area contributed by atoms with E-state index in [0.29, 0.717) is 12.0 Å². The number of hydrogen-bond acceptors (Lipinski definition) is 2. The Kier molecular flexibility index (Phi) is 3.62. The lowest BCUT2D eigenvalue weighted by molar-refractivity contribution is 0.234. The molecule has 14 heavy (non-hydrogen) atoms. The summed E-state index contributed by atoms with van der Waals surface area (Å²) in [6, 6.07) is 0.498. The molecule has 1 rings (SSSR count). The van der Waals surface area contributed by atoms with Crippen molar-refractivity contribution < 1.29 is 4.74 Å². The Balaban J connectivity index is 2.85. The molecule has 0 aromatic carbocycles. The summed E-state index contributed by atoms with van der Waals surface area (Å²) in [7, 11) is 0. The minimum Gasteiger partial charge on any atom is -0.477 e. The predicted molar refractivity (Wildman–Crippen MR) is 59.9 cm³/mol. The maximum atomic E-state index is 5.71. The lowest BCUT2D eigenvalue weighted by Crippen LogP contribution is -2.34. The molecule has 0 aromatic heterocycles. The molecular weight excluding hydrogens is 174 g/mol. The van der Waals surface area contributed by atoms with Crippen LogP contribution in [0.4, 0.5) is 0 Å². The highest BCUT2D eigenvalue weighted by atomic mass is 16.5. The lowest BCUT2D eigenvalue weighted by atomic mass is 10.0. The Morgan fingerprint density at radius 3 is 2.71 bits per heavy atom. The molecule has 1 aliphatic rings. The van der Waals surface area contributed by atoms with Crippen LogP contribution in [0.5, 0.6) is 0 Å². The minimum absolute atomic E-state index is 0.498. The van der Waals surface area contributed by atoms with Gasteiger partial charge < -0.3 is 9.64 Å². The third-order valence-electron chi connectivity index (χ3n) is 2.58. The van der Waals surface area contributed by atoms with E-state index in [4.69, 9.17) is 4.74 Å². The first kappa shape index (κ1) is 11.2. The Labute approximate surface area is 87.2 Å². The fourth-order valence-electron chi connectivity index (χ4n) is 1.83. The summed E-state index contributed by atoms with van der Waals surface area (Å²) in [4.78, 5) is 2.31. The van der Waals surface area contributed by atoms with Gasteiger partial charge in [0.1, 0.15) is 6.61 Å². The second-order valence-corrected chi connectivity index (χ2v) is 4.37. The molecule has 0 spiro atoms. The first-order valence-electron chi connectivity index (χ1n) is 5.25. The van der Waals surface area contributed by atoms with Crippen LogP contribution in [0.25, 0.3) is 0 Å². The minimum atomic E-state index is 0.498. The Morgan fingerprint density at radius 1 is 1.64 bits per heavy atom. The van der Waals surface area contributed by atoms with E-state index < -0.39 is 0 Å². The molecule has 1 saturated heterocycles. The summed E-state index contributed by atoms with van der Waals surface area (Å²) in [6.45, 7) is 14.1. The molecule has 0 amide bonds. The van der Waals surface area contributed by atoms with Gasteiger partial charge >= 0.3 is 0 Å². The molecular formula is C12H21NO. The smallest absolute Gasteiger partial charge is 0.188 e. The second kappa shape index (κ2) is 4.54. The third-order valence-corrected chi connectivity index (χ3v) is 2.58. The molecule has 0 radical (unpaired) electrons. The van der Waals surface area contributed by atoms with E-state index >= 15 is 0 Å². The average molecular weight is 195 g/mol. The van der Waals surface area contributed by atoms with Crippen LogP contribution in [0.3, 0.4) is 0 Å². The summed E-state index contributed by atoms with van der Waals surface area (Å²) in [6.07, 6.45) is 1.94. The van der Waals surface area contributed by atoms with Crippen LogP contribution < -0.4 is 0 Å². The first-order valence-corrected chi connectivity index (χ1v) is 5.25. The van der Waals surface area contributed by atoms with Crippen LogP contribution in [0, 0.1) is 5.92 Å². The van der Waals surface area contributed by atoms with Crippen molar-refractivity contribution in [1.82, 2.24) is 4.90 Å². The van der Waals surface area contributed by atoms with Crippen molar-refractivity contribution in [2.75, 3.05) is 13.2 Å². The zero-order chi connectivity index (χ0) is 10.7. The largest absolute Gasteiger partial charge is 0.477 e. The molecule has 1 atom stereocenters. The van der Waals surface area contributed by atoms with Gasteiger partial charge in [-0.15, -0.1) is 6.58 Å². The van der Waals surface area contributed by atoms with Gasteiger partial charge in [0.25, 0.3) is 0 Å². The molecule has 0 aliphatic carbocycles. The van der Waals surface area contributed by atoms with Crippen LogP contribution in [0.1, 0.15) is 27.7 Å². The molecule has 1 fully saturated rings. The van der Waals surface area contributed by atoms with Gasteiger partial charge in [0, 0.05) is 6.54 Å². The zero-order valence-corrected chi connectivity index (χ0v) is 9.71. The molecule has 2 nitrogen and oxygen atoms in total. The van der Waals surface area contributed by atoms with Gasteiger partial charge in [-0.2, -0.15) is 0 Å². The third kappa shape index (κ3) is 2.11. The molecule has 0 bridgehead atoms. The predicted octanol–water partition coefficient (Wildman–Crippen LogP) is 2.78. The van der Waals surface area contributed by atoms with Crippen LogP contribution in [0.15, 0.2) is 24.1 Å². The Bertz CT molecular complexity index is 239. The molecule has 0 N–H and O–H groups in total. The van der Waals surface area contributed by atoms with Gasteiger partial charge in [-0.3, -0.25) is 0 Å². The number of nitrogens with zero attached hydrogens (tertiary/aromatic N) is 1. The maximum absolute atomic E-state index is 5.71. The maximum Gasteiger partial charge on any atom is 0.188 e. The highest BCUT2D eigenvalue weighted by Gasteiger charge is 2.31. The molecule has 0 saturated carbocycles. The summed E-state index contributed by atoms with van der Waals surface area (Å²) in [5.74, 6) is 1.66. The number of rotatable bonds is 3. The van der Waals surface area contributed by atoms with Gasteiger partial charge in [-0.25, -0.2) is 0 Å². The Morgan fingerprint density at radius 2 is 2.29 bits per heavy atom. The standard InChI is InChI=1S/C12H21NO/c1-6-7-13-11(9(2)3)8-14-12(13)10(4)5/h6,9,11H,1,7-8H2,2-5H3/t11-/m1/s1. The fraction of sp³-hybridized carbons (Fsp3) is 0.667. The van der Waals surface area contributed by atoms with Crippen molar-refractivity contribution in [3.05, 3.63) is 24.1 Å². The van der Waals surface area contributed by atoms with Crippen molar-refractivity contribution in [3.63, 3.8) is 0 Å². The van der Waals surface area contributed by atoms with Crippen molar-refractivity contribution >= 4 is 0 Å². The molecule has 1 heterocycles. The lowest BCUT2D eigenvalue weighted by Gasteiger charge is -2.26. The van der Waals surface area contributed by atoms with Crippen molar-refractivity contribution in [3.8, 4) is 0 Å². The van der Waals surface area contributed by atoms with Crippen molar-refractivity contribution in [2.24, 2.45) is 5.92 Å². The van der Waals surface area contributed by atoms with Crippen LogP contribution in [0.2, 0.25) is 0 Å². The number of allylic oxidation sites excluding steroid dienone is 1. The normalized spacial score (nSPS) is 21.4. The quantitative estimate of drug-likeness (QED) is 0.642. The van der Waals surface area contributed by atoms with Crippen LogP contribution in [-0.2, 0) is 4.74 Å². The fourth-order valence-corrected chi connectivity index (χ4v) is 1.83. The molecule has 2 heteroatoms. The number of ether oxygens (including phenoxy) is 1. The van der Waals surface area contributed by atoms with Crippen molar-refractivity contribution in [1.29, 1.82) is 0 Å². The molecule has 1 aliphatic heterocycles. The van der Waals surface area contributed by atoms with Gasteiger partial charge in [0.05, 0.1) is 6.04 Å². The highest BCUT2D eigenvalue weighted by Crippen LogP contribution is 2.27. The summed E-state index contributed by atoms with van der Waals surface area (Å²) in [5, 5.41) is 0. The second-order valence-electron chi connectivity index (χ2n) is 4.37. The SMILES string of the molecule is C=CCN1C(=C(C)C)OC[C@@H]1C(C)C. The van der Waals surface area contributed by atoms with Gasteiger partial charge in [-0.1, -0.05) is 19.9 Å². The summed E-state index contributed by atoms with van der Waals surface area (Å²) >= 11 is 0. The highest BCUT2D eigenvalue weighted by molar-refractivity contribution is 5.09. The van der Waals surface area contributed by atoms with Gasteiger partial charge in [-0.05, 0) is 25.3 Å². The van der Waals surface area contributed by atoms with E-state index in [1.165, 1.54) is 5.57 Å². The van der Waals surface area contributed by atoms with Crippen LogP contribution >= 0.6 is 0 Å². The summed E-state index contributed by atoms with van der Waals surface area (Å²) < 4.78 is 5.71. The van der Waals surface area contributed by atoms with E-state index in [1.807, 2.05) is 6.08 Å². The topological polar surface area (TPSA) is 12.5 Å². The zero-order valence-electron chi connectivity index (χ0n) is 9.71. The monoisotopic (exact) mass is 195 g/mol. The number of hydrogen-bond donors (Lipinski definition) is 0. The summed E-state index contributed by atoms with van der Waals surface area (Å²) in [5.41, 5.74) is 1.25. The van der Waals surface area contributed by atoms with E-state index in [1.54, 1.807) is 0 Å². The molecule has 0 unspecified atom stereocenters. The van der Waals surface area contributed by atoms with E-state index in [-0.39, 0.29) is 0 Å². The average Bonchev–Trinajstić information content (AvgIpc) is 2.48. The van der Waals surface area contributed by atoms with E-state index in [2.05, 4.69) is 39.2 Å². The first-order chi connectivity index (χ1) is 6.57. The van der Waals surface area contributed by atoms with Gasteiger partial charge in [0.2, 0.25) is 0 Å². The van der Waals surface area contributed by atoms with Crippen molar-refractivity contribution in [2.45, 2.75) is 33.7 Å².